The van der Waals surface area contributed by atoms with Crippen LogP contribution >= 0.6 is 0 Å². The van der Waals surface area contributed by atoms with Crippen molar-refractivity contribution < 1.29 is 19.1 Å². The van der Waals surface area contributed by atoms with Crippen LogP contribution in [-0.4, -0.2) is 18.5 Å². The Morgan fingerprint density at radius 2 is 1.65 bits per heavy atom. The number of nitrogens with one attached hydrogen (secondary N) is 1. The Morgan fingerprint density at radius 1 is 0.903 bits per heavy atom. The first-order valence-electron chi connectivity index (χ1n) is 10.5. The predicted molar refractivity (Wildman–Crippen MR) is 118 cm³/mol. The summed E-state index contributed by atoms with van der Waals surface area (Å²) in [5, 5.41) is 3.00. The SMILES string of the molecule is O=C(COC(=O)c1ccccc1COc1ccccc1)N[C@H]1CCCc2ccccc21. The third-order valence-electron chi connectivity index (χ3n) is 5.41. The molecule has 1 N–H and O–H groups in total. The molecule has 5 heteroatoms. The molecule has 158 valence electrons. The number of para-hydroxylation sites is 1. The van der Waals surface area contributed by atoms with E-state index in [0.717, 1.165) is 30.6 Å². The molecule has 0 aromatic heterocycles. The van der Waals surface area contributed by atoms with E-state index in [1.165, 1.54) is 5.56 Å². The molecule has 1 atom stereocenters. The molecule has 31 heavy (non-hydrogen) atoms. The van der Waals surface area contributed by atoms with Gasteiger partial charge in [-0.25, -0.2) is 4.79 Å². The van der Waals surface area contributed by atoms with Crippen molar-refractivity contribution in [2.45, 2.75) is 31.9 Å². The van der Waals surface area contributed by atoms with Crippen molar-refractivity contribution in [1.82, 2.24) is 5.32 Å². The van der Waals surface area contributed by atoms with E-state index >= 15 is 0 Å². The van der Waals surface area contributed by atoms with Crippen LogP contribution in [0.15, 0.2) is 78.9 Å². The van der Waals surface area contributed by atoms with Crippen LogP contribution in [0.25, 0.3) is 0 Å². The van der Waals surface area contributed by atoms with E-state index in [1.807, 2.05) is 54.6 Å². The normalized spacial score (nSPS) is 14.9. The second-order valence-corrected chi connectivity index (χ2v) is 7.55. The van der Waals surface area contributed by atoms with Gasteiger partial charge in [0.2, 0.25) is 0 Å². The first-order chi connectivity index (χ1) is 15.2. The van der Waals surface area contributed by atoms with Gasteiger partial charge >= 0.3 is 5.97 Å². The third-order valence-corrected chi connectivity index (χ3v) is 5.41. The second kappa shape index (κ2) is 9.94. The van der Waals surface area contributed by atoms with Gasteiger partial charge in [-0.15, -0.1) is 0 Å². The highest BCUT2D eigenvalue weighted by Crippen LogP contribution is 2.29. The standard InChI is InChI=1S/C26H25NO4/c28-25(27-24-16-8-11-19-9-4-6-14-22(19)24)18-31-26(29)23-15-7-5-10-20(23)17-30-21-12-2-1-3-13-21/h1-7,9-10,12-15,24H,8,11,16-18H2,(H,27,28)/t24-/m0/s1. The Morgan fingerprint density at radius 3 is 2.52 bits per heavy atom. The number of carbonyl (C=O) groups excluding carboxylic acids is 2. The van der Waals surface area contributed by atoms with Crippen LogP contribution in [0, 0.1) is 0 Å². The Hall–Kier alpha value is -3.60. The Balaban J connectivity index is 1.33. The van der Waals surface area contributed by atoms with Crippen molar-refractivity contribution >= 4 is 11.9 Å². The summed E-state index contributed by atoms with van der Waals surface area (Å²) in [6.45, 7) is -0.0777. The van der Waals surface area contributed by atoms with Gasteiger partial charge in [-0.1, -0.05) is 60.7 Å². The maximum atomic E-state index is 12.6. The fourth-order valence-electron chi connectivity index (χ4n) is 3.87. The fraction of sp³-hybridized carbons (Fsp3) is 0.231. The lowest BCUT2D eigenvalue weighted by Gasteiger charge is -2.26. The molecule has 1 aliphatic rings. The first-order valence-corrected chi connectivity index (χ1v) is 10.5. The number of amides is 1. The molecule has 1 aliphatic carbocycles. The number of hydrogen-bond donors (Lipinski definition) is 1. The number of esters is 1. The van der Waals surface area contributed by atoms with E-state index in [4.69, 9.17) is 9.47 Å². The minimum Gasteiger partial charge on any atom is -0.489 e. The minimum absolute atomic E-state index is 0.0392. The van der Waals surface area contributed by atoms with Crippen LogP contribution in [-0.2, 0) is 22.6 Å². The molecule has 0 saturated heterocycles. The van der Waals surface area contributed by atoms with E-state index in [0.29, 0.717) is 11.1 Å². The number of fused-ring (bicyclic) bond motifs is 1. The molecule has 3 aromatic rings. The van der Waals surface area contributed by atoms with Gasteiger partial charge in [-0.3, -0.25) is 4.79 Å². The summed E-state index contributed by atoms with van der Waals surface area (Å²) in [4.78, 5) is 25.1. The molecule has 5 nitrogen and oxygen atoms in total. The average Bonchev–Trinajstić information content (AvgIpc) is 2.82. The zero-order valence-corrected chi connectivity index (χ0v) is 17.3. The lowest BCUT2D eigenvalue weighted by Crippen LogP contribution is -2.34. The van der Waals surface area contributed by atoms with E-state index in [1.54, 1.807) is 12.1 Å². The lowest BCUT2D eigenvalue weighted by atomic mass is 9.88. The molecular formula is C26H25NO4. The van der Waals surface area contributed by atoms with Crippen molar-refractivity contribution in [1.29, 1.82) is 0 Å². The molecule has 0 heterocycles. The maximum absolute atomic E-state index is 12.6. The van der Waals surface area contributed by atoms with Gasteiger partial charge in [0.05, 0.1) is 11.6 Å². The van der Waals surface area contributed by atoms with Gasteiger partial charge < -0.3 is 14.8 Å². The van der Waals surface area contributed by atoms with Gasteiger partial charge in [-0.05, 0) is 48.6 Å². The van der Waals surface area contributed by atoms with Crippen molar-refractivity contribution in [2.24, 2.45) is 0 Å². The van der Waals surface area contributed by atoms with Gasteiger partial charge in [0.25, 0.3) is 5.91 Å². The van der Waals surface area contributed by atoms with Crippen molar-refractivity contribution in [3.63, 3.8) is 0 Å². The van der Waals surface area contributed by atoms with Crippen LogP contribution in [0.2, 0.25) is 0 Å². The molecular weight excluding hydrogens is 390 g/mol. The van der Waals surface area contributed by atoms with Crippen LogP contribution < -0.4 is 10.1 Å². The van der Waals surface area contributed by atoms with E-state index in [9.17, 15) is 9.59 Å². The van der Waals surface area contributed by atoms with Gasteiger partial charge in [0.1, 0.15) is 12.4 Å². The Bertz CT molecular complexity index is 1050. The monoisotopic (exact) mass is 415 g/mol. The highest BCUT2D eigenvalue weighted by molar-refractivity contribution is 5.92. The van der Waals surface area contributed by atoms with Gasteiger partial charge in [0, 0.05) is 5.56 Å². The molecule has 0 radical (unpaired) electrons. The summed E-state index contributed by atoms with van der Waals surface area (Å²) in [5.41, 5.74) is 3.52. The van der Waals surface area contributed by atoms with Crippen LogP contribution in [0.4, 0.5) is 0 Å². The molecule has 3 aromatic carbocycles. The quantitative estimate of drug-likeness (QED) is 0.572. The second-order valence-electron chi connectivity index (χ2n) is 7.55. The number of hydrogen-bond acceptors (Lipinski definition) is 4. The van der Waals surface area contributed by atoms with Crippen molar-refractivity contribution in [3.8, 4) is 5.75 Å². The number of rotatable bonds is 7. The molecule has 0 fully saturated rings. The van der Waals surface area contributed by atoms with E-state index < -0.39 is 5.97 Å². The van der Waals surface area contributed by atoms with Crippen LogP contribution in [0.5, 0.6) is 5.75 Å². The molecule has 0 saturated carbocycles. The van der Waals surface area contributed by atoms with Crippen LogP contribution in [0.1, 0.15) is 45.9 Å². The smallest absolute Gasteiger partial charge is 0.339 e. The zero-order chi connectivity index (χ0) is 21.5. The molecule has 0 spiro atoms. The molecule has 0 unspecified atom stereocenters. The zero-order valence-electron chi connectivity index (χ0n) is 17.3. The number of carbonyl (C=O) groups is 2. The lowest BCUT2D eigenvalue weighted by molar-refractivity contribution is -0.125. The Labute approximate surface area is 182 Å². The third kappa shape index (κ3) is 5.31. The Kier molecular flexibility index (Phi) is 6.62. The van der Waals surface area contributed by atoms with E-state index in [2.05, 4.69) is 17.4 Å². The minimum atomic E-state index is -0.536. The summed E-state index contributed by atoms with van der Waals surface area (Å²) in [5.74, 6) is -0.114. The van der Waals surface area contributed by atoms with Crippen molar-refractivity contribution in [2.75, 3.05) is 6.61 Å². The largest absolute Gasteiger partial charge is 0.489 e. The summed E-state index contributed by atoms with van der Waals surface area (Å²) in [6.07, 6.45) is 2.94. The summed E-state index contributed by atoms with van der Waals surface area (Å²) in [7, 11) is 0. The predicted octanol–water partition coefficient (Wildman–Crippen LogP) is 4.62. The molecule has 4 rings (SSSR count). The number of benzene rings is 3. The van der Waals surface area contributed by atoms with Crippen molar-refractivity contribution in [3.05, 3.63) is 101 Å². The maximum Gasteiger partial charge on any atom is 0.339 e. The summed E-state index contributed by atoms with van der Waals surface area (Å²) < 4.78 is 11.1. The van der Waals surface area contributed by atoms with Crippen LogP contribution in [0.3, 0.4) is 0 Å². The number of ether oxygens (including phenoxy) is 2. The van der Waals surface area contributed by atoms with Gasteiger partial charge in [-0.2, -0.15) is 0 Å². The fourth-order valence-corrected chi connectivity index (χ4v) is 3.87. The highest BCUT2D eigenvalue weighted by atomic mass is 16.5. The number of aryl methyl sites for hydroxylation is 1. The van der Waals surface area contributed by atoms with E-state index in [-0.39, 0.29) is 25.2 Å². The average molecular weight is 415 g/mol. The molecule has 0 bridgehead atoms. The highest BCUT2D eigenvalue weighted by Gasteiger charge is 2.22. The molecule has 0 aliphatic heterocycles. The first kappa shape index (κ1) is 20.7. The summed E-state index contributed by atoms with van der Waals surface area (Å²) in [6, 6.07) is 24.6. The topological polar surface area (TPSA) is 64.6 Å². The van der Waals surface area contributed by atoms with Gasteiger partial charge in [0.15, 0.2) is 6.61 Å². The molecule has 1 amide bonds. The summed E-state index contributed by atoms with van der Waals surface area (Å²) >= 11 is 0.